The number of aliphatic carboxylic acids is 1. The largest absolute Gasteiger partial charge is 0.477 e. The van der Waals surface area contributed by atoms with Gasteiger partial charge in [0.05, 0.1) is 6.61 Å². The van der Waals surface area contributed by atoms with E-state index in [0.29, 0.717) is 23.8 Å². The van der Waals surface area contributed by atoms with E-state index in [0.717, 1.165) is 12.0 Å². The fourth-order valence-corrected chi connectivity index (χ4v) is 1.92. The van der Waals surface area contributed by atoms with Gasteiger partial charge in [0.2, 0.25) is 5.88 Å². The maximum atomic E-state index is 11.0. The molecule has 1 N–H and O–H groups in total. The number of ether oxygens (including phenoxy) is 1. The summed E-state index contributed by atoms with van der Waals surface area (Å²) in [5.41, 5.74) is 1.71. The normalized spacial score (nSPS) is 11.4. The minimum absolute atomic E-state index is 0.333. The second-order valence-corrected chi connectivity index (χ2v) is 4.51. The van der Waals surface area contributed by atoms with Crippen LogP contribution in [-0.4, -0.2) is 27.1 Å². The van der Waals surface area contributed by atoms with E-state index in [-0.39, 0.29) is 5.57 Å². The molecule has 0 saturated heterocycles. The molecule has 0 spiro atoms. The average molecular weight is 285 g/mol. The second-order valence-electron chi connectivity index (χ2n) is 4.51. The van der Waals surface area contributed by atoms with Gasteiger partial charge < -0.3 is 9.84 Å². The highest BCUT2D eigenvalue weighted by atomic mass is 16.5. The van der Waals surface area contributed by atoms with Crippen molar-refractivity contribution in [1.82, 2.24) is 9.38 Å². The highest BCUT2D eigenvalue weighted by Gasteiger charge is 2.16. The average Bonchev–Trinajstić information content (AvgIpc) is 2.81. The van der Waals surface area contributed by atoms with Crippen molar-refractivity contribution in [2.45, 2.75) is 20.3 Å². The Morgan fingerprint density at radius 1 is 1.62 bits per heavy atom. The number of hydrogen-bond acceptors (Lipinski definition) is 4. The lowest BCUT2D eigenvalue weighted by atomic mass is 10.2. The number of hydrogen-bond donors (Lipinski definition) is 1. The van der Waals surface area contributed by atoms with Gasteiger partial charge in [-0.3, -0.25) is 4.40 Å². The van der Waals surface area contributed by atoms with Crippen molar-refractivity contribution in [2.75, 3.05) is 6.61 Å². The van der Waals surface area contributed by atoms with Crippen molar-refractivity contribution < 1.29 is 14.6 Å². The third-order valence-electron chi connectivity index (χ3n) is 2.92. The van der Waals surface area contributed by atoms with E-state index in [1.54, 1.807) is 16.7 Å². The molecular weight excluding hydrogens is 270 g/mol. The Bertz CT molecular complexity index is 753. The molecule has 0 aromatic carbocycles. The van der Waals surface area contributed by atoms with Gasteiger partial charge in [0.1, 0.15) is 23.0 Å². The van der Waals surface area contributed by atoms with Crippen LogP contribution < -0.4 is 4.74 Å². The number of pyridine rings is 1. The summed E-state index contributed by atoms with van der Waals surface area (Å²) >= 11 is 0. The molecule has 21 heavy (non-hydrogen) atoms. The third kappa shape index (κ3) is 2.87. The molecule has 6 nitrogen and oxygen atoms in total. The molecule has 0 radical (unpaired) electrons. The van der Waals surface area contributed by atoms with Crippen LogP contribution in [0.1, 0.15) is 24.6 Å². The smallest absolute Gasteiger partial charge is 0.346 e. The molecule has 0 atom stereocenters. The SMILES string of the molecule is CCCOc1nc2c(C)cccn2c1C=C(C#N)C(=O)O. The summed E-state index contributed by atoms with van der Waals surface area (Å²) in [4.78, 5) is 15.4. The Labute approximate surface area is 121 Å². The van der Waals surface area contributed by atoms with E-state index < -0.39 is 5.97 Å². The van der Waals surface area contributed by atoms with Crippen LogP contribution in [0.2, 0.25) is 0 Å². The van der Waals surface area contributed by atoms with Crippen LogP contribution in [0.15, 0.2) is 23.9 Å². The molecule has 0 amide bonds. The third-order valence-corrected chi connectivity index (χ3v) is 2.92. The molecule has 0 fully saturated rings. The molecular formula is C15H15N3O3. The van der Waals surface area contributed by atoms with Gasteiger partial charge in [0, 0.05) is 6.20 Å². The number of nitrogens with zero attached hydrogens (tertiary/aromatic N) is 3. The molecule has 0 saturated carbocycles. The Morgan fingerprint density at radius 2 is 2.38 bits per heavy atom. The summed E-state index contributed by atoms with van der Waals surface area (Å²) in [5.74, 6) is -0.943. The lowest BCUT2D eigenvalue weighted by Gasteiger charge is -2.02. The van der Waals surface area contributed by atoms with Crippen molar-refractivity contribution in [3.63, 3.8) is 0 Å². The van der Waals surface area contributed by atoms with E-state index in [1.165, 1.54) is 6.08 Å². The highest BCUT2D eigenvalue weighted by molar-refractivity contribution is 5.96. The Balaban J connectivity index is 2.66. The lowest BCUT2D eigenvalue weighted by Crippen LogP contribution is -2.01. The summed E-state index contributed by atoms with van der Waals surface area (Å²) in [6.07, 6.45) is 3.85. The van der Waals surface area contributed by atoms with Crippen molar-refractivity contribution in [1.29, 1.82) is 5.26 Å². The molecule has 2 rings (SSSR count). The minimum Gasteiger partial charge on any atom is -0.477 e. The molecule has 0 aliphatic carbocycles. The van der Waals surface area contributed by atoms with Gasteiger partial charge in [-0.15, -0.1) is 0 Å². The van der Waals surface area contributed by atoms with Gasteiger partial charge in [-0.2, -0.15) is 10.2 Å². The van der Waals surface area contributed by atoms with E-state index in [2.05, 4.69) is 4.98 Å². The first-order valence-electron chi connectivity index (χ1n) is 6.54. The molecule has 6 heteroatoms. The Hall–Kier alpha value is -2.81. The number of imidazole rings is 1. The quantitative estimate of drug-likeness (QED) is 0.673. The number of fused-ring (bicyclic) bond motifs is 1. The monoisotopic (exact) mass is 285 g/mol. The van der Waals surface area contributed by atoms with Gasteiger partial charge in [0.15, 0.2) is 0 Å². The summed E-state index contributed by atoms with van der Waals surface area (Å²) in [6, 6.07) is 5.40. The van der Waals surface area contributed by atoms with E-state index in [9.17, 15) is 4.79 Å². The van der Waals surface area contributed by atoms with Gasteiger partial charge in [-0.05, 0) is 31.1 Å². The zero-order valence-corrected chi connectivity index (χ0v) is 11.8. The fraction of sp³-hybridized carbons (Fsp3) is 0.267. The summed E-state index contributed by atoms with van der Waals surface area (Å²) in [7, 11) is 0. The predicted octanol–water partition coefficient (Wildman–Crippen LogP) is 2.42. The number of aryl methyl sites for hydroxylation is 1. The summed E-state index contributed by atoms with van der Waals surface area (Å²) in [6.45, 7) is 4.34. The fourth-order valence-electron chi connectivity index (χ4n) is 1.92. The van der Waals surface area contributed by atoms with Gasteiger partial charge in [-0.1, -0.05) is 13.0 Å². The maximum absolute atomic E-state index is 11.0. The summed E-state index contributed by atoms with van der Waals surface area (Å²) in [5, 5.41) is 17.9. The second kappa shape index (κ2) is 6.09. The molecule has 0 aliphatic heterocycles. The van der Waals surface area contributed by atoms with Crippen LogP contribution in [-0.2, 0) is 4.79 Å². The zero-order chi connectivity index (χ0) is 15.4. The Morgan fingerprint density at radius 3 is 3.00 bits per heavy atom. The van der Waals surface area contributed by atoms with Gasteiger partial charge in [0.25, 0.3) is 0 Å². The highest BCUT2D eigenvalue weighted by Crippen LogP contribution is 2.24. The van der Waals surface area contributed by atoms with E-state index in [1.807, 2.05) is 26.0 Å². The van der Waals surface area contributed by atoms with Crippen LogP contribution in [0.4, 0.5) is 0 Å². The van der Waals surface area contributed by atoms with Crippen molar-refractivity contribution in [2.24, 2.45) is 0 Å². The first-order chi connectivity index (χ1) is 10.1. The topological polar surface area (TPSA) is 87.6 Å². The maximum Gasteiger partial charge on any atom is 0.346 e. The predicted molar refractivity (Wildman–Crippen MR) is 76.9 cm³/mol. The number of carboxylic acid groups (broad SMARTS) is 1. The molecule has 108 valence electrons. The van der Waals surface area contributed by atoms with Crippen molar-refractivity contribution in [3.05, 3.63) is 35.2 Å². The van der Waals surface area contributed by atoms with Crippen LogP contribution in [0, 0.1) is 18.3 Å². The first-order valence-corrected chi connectivity index (χ1v) is 6.54. The molecule has 0 aliphatic rings. The number of aromatic nitrogens is 2. The number of nitriles is 1. The van der Waals surface area contributed by atoms with Crippen LogP contribution in [0.25, 0.3) is 11.7 Å². The van der Waals surface area contributed by atoms with Gasteiger partial charge in [-0.25, -0.2) is 4.79 Å². The van der Waals surface area contributed by atoms with Crippen LogP contribution >= 0.6 is 0 Å². The standard InChI is InChI=1S/C15H15N3O3/c1-3-7-21-14-12(8-11(9-16)15(19)20)18-6-4-5-10(2)13(18)17-14/h4-6,8H,3,7H2,1-2H3,(H,19,20). The molecule has 0 unspecified atom stereocenters. The molecule has 0 bridgehead atoms. The number of carbonyl (C=O) groups is 1. The Kier molecular flexibility index (Phi) is 4.24. The van der Waals surface area contributed by atoms with Crippen molar-refractivity contribution >= 4 is 17.7 Å². The lowest BCUT2D eigenvalue weighted by molar-refractivity contribution is -0.132. The molecule has 2 aromatic heterocycles. The van der Waals surface area contributed by atoms with Crippen LogP contribution in [0.5, 0.6) is 5.88 Å². The van der Waals surface area contributed by atoms with Crippen molar-refractivity contribution in [3.8, 4) is 11.9 Å². The van der Waals surface area contributed by atoms with Gasteiger partial charge >= 0.3 is 5.97 Å². The minimum atomic E-state index is -1.28. The van der Waals surface area contributed by atoms with E-state index in [4.69, 9.17) is 15.1 Å². The summed E-state index contributed by atoms with van der Waals surface area (Å²) < 4.78 is 7.30. The first kappa shape index (κ1) is 14.6. The number of rotatable bonds is 5. The van der Waals surface area contributed by atoms with Crippen LogP contribution in [0.3, 0.4) is 0 Å². The molecule has 2 heterocycles. The molecule has 2 aromatic rings. The zero-order valence-electron chi connectivity index (χ0n) is 11.8. The van der Waals surface area contributed by atoms with E-state index >= 15 is 0 Å². The number of carboxylic acids is 1.